The van der Waals surface area contributed by atoms with E-state index in [0.717, 1.165) is 29.5 Å². The molecule has 0 bridgehead atoms. The molecular formula is C32H40O6. The van der Waals surface area contributed by atoms with Gasteiger partial charge in [0.25, 0.3) is 0 Å². The lowest BCUT2D eigenvalue weighted by molar-refractivity contribution is -0.347. The molecule has 38 heavy (non-hydrogen) atoms. The van der Waals surface area contributed by atoms with Crippen LogP contribution in [0.25, 0.3) is 0 Å². The first-order chi connectivity index (χ1) is 18.6. The lowest BCUT2D eigenvalue weighted by atomic mass is 9.80. The summed E-state index contributed by atoms with van der Waals surface area (Å²) < 4.78 is 31.1. The van der Waals surface area contributed by atoms with Crippen LogP contribution in [-0.2, 0) is 43.5 Å². The maximum atomic E-state index is 12.3. The van der Waals surface area contributed by atoms with E-state index in [1.54, 1.807) is 7.11 Å². The van der Waals surface area contributed by atoms with Crippen molar-refractivity contribution in [2.24, 2.45) is 0 Å². The Morgan fingerprint density at radius 3 is 1.82 bits per heavy atom. The molecule has 6 heteroatoms. The Labute approximate surface area is 226 Å². The summed E-state index contributed by atoms with van der Waals surface area (Å²) in [6.07, 6.45) is -0.494. The second-order valence-electron chi connectivity index (χ2n) is 9.80. The average Bonchev–Trinajstić information content (AvgIpc) is 2.97. The van der Waals surface area contributed by atoms with Gasteiger partial charge in [-0.1, -0.05) is 111 Å². The van der Waals surface area contributed by atoms with Gasteiger partial charge >= 0.3 is 0 Å². The minimum Gasteiger partial charge on any atom is -0.384 e. The summed E-state index contributed by atoms with van der Waals surface area (Å²) in [5, 5.41) is 12.3. The highest BCUT2D eigenvalue weighted by atomic mass is 16.7. The highest BCUT2D eigenvalue weighted by molar-refractivity contribution is 5.16. The van der Waals surface area contributed by atoms with Gasteiger partial charge in [-0.25, -0.2) is 0 Å². The zero-order valence-electron chi connectivity index (χ0n) is 22.4. The van der Waals surface area contributed by atoms with E-state index < -0.39 is 30.2 Å². The van der Waals surface area contributed by atoms with Crippen molar-refractivity contribution >= 4 is 0 Å². The smallest absolute Gasteiger partial charge is 0.186 e. The molecule has 5 atom stereocenters. The van der Waals surface area contributed by atoms with Crippen LogP contribution in [0.3, 0.4) is 0 Å². The number of unbranched alkanes of at least 4 members (excludes halogenated alkanes) is 1. The number of ether oxygens (including phenoxy) is 5. The maximum absolute atomic E-state index is 12.3. The molecule has 1 N–H and O–H groups in total. The molecule has 204 valence electrons. The summed E-state index contributed by atoms with van der Waals surface area (Å²) >= 11 is 0. The lowest BCUT2D eigenvalue weighted by Crippen LogP contribution is -2.68. The predicted molar refractivity (Wildman–Crippen MR) is 146 cm³/mol. The molecule has 1 aliphatic rings. The average molecular weight is 521 g/mol. The summed E-state index contributed by atoms with van der Waals surface area (Å²) in [6.45, 7) is 3.41. The van der Waals surface area contributed by atoms with E-state index in [2.05, 4.69) is 6.92 Å². The molecule has 3 aromatic rings. The summed E-state index contributed by atoms with van der Waals surface area (Å²) in [5.74, 6) is 0. The zero-order chi connectivity index (χ0) is 26.6. The second kappa shape index (κ2) is 14.5. The fourth-order valence-electron chi connectivity index (χ4n) is 4.89. The number of benzene rings is 3. The molecule has 0 amide bonds. The van der Waals surface area contributed by atoms with Crippen molar-refractivity contribution in [2.45, 2.75) is 76.2 Å². The maximum Gasteiger partial charge on any atom is 0.186 e. The first kappa shape index (κ1) is 28.4. The molecule has 0 saturated carbocycles. The Hall–Kier alpha value is -2.58. The SMILES string of the molecule is CCCC[C@]1(O)C(COCc2ccccc2)O[C@H](OC)C(OCc2ccccc2)C1OCc1ccccc1. The van der Waals surface area contributed by atoms with Gasteiger partial charge in [-0.05, 0) is 23.1 Å². The van der Waals surface area contributed by atoms with Crippen LogP contribution in [0.2, 0.25) is 0 Å². The topological polar surface area (TPSA) is 66.4 Å². The summed E-state index contributed by atoms with van der Waals surface area (Å²) in [6, 6.07) is 29.9. The number of rotatable bonds is 14. The monoisotopic (exact) mass is 520 g/mol. The first-order valence-corrected chi connectivity index (χ1v) is 13.5. The van der Waals surface area contributed by atoms with Gasteiger partial charge in [0.1, 0.15) is 23.9 Å². The summed E-state index contributed by atoms with van der Waals surface area (Å²) in [7, 11) is 1.59. The third-order valence-electron chi connectivity index (χ3n) is 7.02. The molecular weight excluding hydrogens is 480 g/mol. The molecule has 1 fully saturated rings. The zero-order valence-corrected chi connectivity index (χ0v) is 22.4. The molecule has 1 heterocycles. The fourth-order valence-corrected chi connectivity index (χ4v) is 4.89. The molecule has 1 aliphatic heterocycles. The van der Waals surface area contributed by atoms with Gasteiger partial charge < -0.3 is 28.8 Å². The van der Waals surface area contributed by atoms with Crippen LogP contribution >= 0.6 is 0 Å². The van der Waals surface area contributed by atoms with Crippen LogP contribution < -0.4 is 0 Å². The minimum atomic E-state index is -1.34. The van der Waals surface area contributed by atoms with Gasteiger partial charge in [0.2, 0.25) is 0 Å². The molecule has 1 saturated heterocycles. The Morgan fingerprint density at radius 1 is 0.763 bits per heavy atom. The molecule has 6 nitrogen and oxygen atoms in total. The van der Waals surface area contributed by atoms with E-state index in [-0.39, 0.29) is 6.61 Å². The van der Waals surface area contributed by atoms with Crippen LogP contribution in [0.15, 0.2) is 91.0 Å². The van der Waals surface area contributed by atoms with Crippen molar-refractivity contribution < 1.29 is 28.8 Å². The van der Waals surface area contributed by atoms with Crippen LogP contribution in [0, 0.1) is 0 Å². The quantitative estimate of drug-likeness (QED) is 0.296. The lowest BCUT2D eigenvalue weighted by Gasteiger charge is -2.51. The summed E-state index contributed by atoms with van der Waals surface area (Å²) in [5.41, 5.74) is 1.77. The van der Waals surface area contributed by atoms with Crippen molar-refractivity contribution in [3.05, 3.63) is 108 Å². The van der Waals surface area contributed by atoms with Gasteiger partial charge in [-0.3, -0.25) is 0 Å². The minimum absolute atomic E-state index is 0.200. The Kier molecular flexibility index (Phi) is 10.9. The Bertz CT molecular complexity index is 1050. The van der Waals surface area contributed by atoms with Gasteiger partial charge in [0.05, 0.1) is 26.4 Å². The molecule has 0 spiro atoms. The van der Waals surface area contributed by atoms with E-state index in [1.165, 1.54) is 0 Å². The molecule has 0 radical (unpaired) electrons. The van der Waals surface area contributed by atoms with Crippen molar-refractivity contribution in [3.8, 4) is 0 Å². The van der Waals surface area contributed by atoms with E-state index in [1.807, 2.05) is 91.0 Å². The van der Waals surface area contributed by atoms with Crippen molar-refractivity contribution in [1.82, 2.24) is 0 Å². The highest BCUT2D eigenvalue weighted by Crippen LogP contribution is 2.38. The van der Waals surface area contributed by atoms with Crippen LogP contribution in [0.4, 0.5) is 0 Å². The van der Waals surface area contributed by atoms with Gasteiger partial charge in [-0.15, -0.1) is 0 Å². The van der Waals surface area contributed by atoms with Gasteiger partial charge in [0.15, 0.2) is 6.29 Å². The highest BCUT2D eigenvalue weighted by Gasteiger charge is 2.56. The predicted octanol–water partition coefficient (Wildman–Crippen LogP) is 5.67. The van der Waals surface area contributed by atoms with Crippen molar-refractivity contribution in [3.63, 3.8) is 0 Å². The Morgan fingerprint density at radius 2 is 1.29 bits per heavy atom. The number of hydrogen-bond acceptors (Lipinski definition) is 6. The second-order valence-corrected chi connectivity index (χ2v) is 9.80. The van der Waals surface area contributed by atoms with Crippen molar-refractivity contribution in [1.29, 1.82) is 0 Å². The number of hydrogen-bond donors (Lipinski definition) is 1. The molecule has 3 unspecified atom stereocenters. The molecule has 4 rings (SSSR count). The number of aliphatic hydroxyl groups is 1. The Balaban J connectivity index is 1.58. The van der Waals surface area contributed by atoms with E-state index in [4.69, 9.17) is 23.7 Å². The largest absolute Gasteiger partial charge is 0.384 e. The van der Waals surface area contributed by atoms with E-state index >= 15 is 0 Å². The van der Waals surface area contributed by atoms with Crippen LogP contribution in [0.5, 0.6) is 0 Å². The van der Waals surface area contributed by atoms with Crippen LogP contribution in [-0.4, -0.2) is 49.0 Å². The van der Waals surface area contributed by atoms with Crippen LogP contribution in [0.1, 0.15) is 42.9 Å². The first-order valence-electron chi connectivity index (χ1n) is 13.5. The third kappa shape index (κ3) is 7.50. The molecule has 0 aliphatic carbocycles. The normalized spacial score (nSPS) is 25.3. The van der Waals surface area contributed by atoms with E-state index in [9.17, 15) is 5.11 Å². The van der Waals surface area contributed by atoms with Gasteiger partial charge in [0, 0.05) is 7.11 Å². The van der Waals surface area contributed by atoms with E-state index in [0.29, 0.717) is 26.2 Å². The van der Waals surface area contributed by atoms with Crippen molar-refractivity contribution in [2.75, 3.05) is 13.7 Å². The fraction of sp³-hybridized carbons (Fsp3) is 0.438. The number of methoxy groups -OCH3 is 1. The van der Waals surface area contributed by atoms with Gasteiger partial charge in [-0.2, -0.15) is 0 Å². The third-order valence-corrected chi connectivity index (χ3v) is 7.02. The molecule has 0 aromatic heterocycles. The summed E-state index contributed by atoms with van der Waals surface area (Å²) in [4.78, 5) is 0. The molecule has 3 aromatic carbocycles. The standard InChI is InChI=1S/C32H40O6/c1-3-4-20-32(33)28(24-35-21-25-14-8-5-9-15-25)38-31(34-2)29(36-22-26-16-10-6-11-17-26)30(32)37-23-27-18-12-7-13-19-27/h5-19,28-31,33H,3-4,20-24H2,1-2H3/t28?,29?,30?,31-,32-/m0/s1.